The number of hydrogen-bond acceptors (Lipinski definition) is 4. The van der Waals surface area contributed by atoms with Crippen LogP contribution in [0, 0.1) is 11.8 Å². The van der Waals surface area contributed by atoms with Crippen LogP contribution in [0.3, 0.4) is 0 Å². The number of carbonyl (C=O) groups is 2. The van der Waals surface area contributed by atoms with E-state index in [9.17, 15) is 9.59 Å². The van der Waals surface area contributed by atoms with Gasteiger partial charge in [0.25, 0.3) is 0 Å². The quantitative estimate of drug-likeness (QED) is 0.167. The number of esters is 2. The first-order valence-corrected chi connectivity index (χ1v) is 12.2. The Kier molecular flexibility index (Phi) is 13.9. The van der Waals surface area contributed by atoms with Gasteiger partial charge in [0.15, 0.2) is 0 Å². The number of carbonyl (C=O) groups excluding carboxylic acids is 2. The molecule has 0 aliphatic heterocycles. The van der Waals surface area contributed by atoms with Gasteiger partial charge in [-0.2, -0.15) is 0 Å². The molecule has 4 nitrogen and oxygen atoms in total. The zero-order valence-electron chi connectivity index (χ0n) is 20.5. The van der Waals surface area contributed by atoms with Crippen LogP contribution in [0.15, 0.2) is 34.9 Å². The molecule has 0 saturated carbocycles. The van der Waals surface area contributed by atoms with Crippen molar-refractivity contribution in [3.05, 3.63) is 34.9 Å². The van der Waals surface area contributed by atoms with Crippen molar-refractivity contribution in [2.24, 2.45) is 11.8 Å². The molecule has 0 fully saturated rings. The zero-order valence-corrected chi connectivity index (χ0v) is 20.5. The molecule has 0 aromatic carbocycles. The minimum absolute atomic E-state index is 0.245. The Bertz CT molecular complexity index is 638. The highest BCUT2D eigenvalue weighted by Crippen LogP contribution is 2.34. The molecule has 0 spiro atoms. The van der Waals surface area contributed by atoms with Gasteiger partial charge < -0.3 is 9.47 Å². The molecule has 0 radical (unpaired) electrons. The molecule has 0 aromatic heterocycles. The van der Waals surface area contributed by atoms with Crippen molar-refractivity contribution in [3.8, 4) is 0 Å². The first kappa shape index (κ1) is 27.2. The number of rotatable bonds is 14. The van der Waals surface area contributed by atoms with E-state index in [0.29, 0.717) is 26.1 Å². The lowest BCUT2D eigenvalue weighted by Gasteiger charge is -2.28. The normalized spacial score (nSPS) is 18.9. The Balaban J connectivity index is 2.69. The first-order chi connectivity index (χ1) is 14.9. The van der Waals surface area contributed by atoms with Crippen molar-refractivity contribution in [2.45, 2.75) is 98.8 Å². The maximum absolute atomic E-state index is 12.7. The number of hydrogen-bond donors (Lipinski definition) is 0. The predicted octanol–water partition coefficient (Wildman–Crippen LogP) is 7.10. The van der Waals surface area contributed by atoms with Crippen LogP contribution in [-0.4, -0.2) is 25.2 Å². The second-order valence-electron chi connectivity index (χ2n) is 8.97. The van der Waals surface area contributed by atoms with Crippen LogP contribution in [0.4, 0.5) is 0 Å². The molecule has 1 aliphatic rings. The summed E-state index contributed by atoms with van der Waals surface area (Å²) in [5, 5.41) is 0. The molecule has 0 aromatic rings. The van der Waals surface area contributed by atoms with E-state index in [-0.39, 0.29) is 11.9 Å². The predicted molar refractivity (Wildman–Crippen MR) is 128 cm³/mol. The van der Waals surface area contributed by atoms with E-state index in [1.807, 2.05) is 0 Å². The highest BCUT2D eigenvalue weighted by atomic mass is 16.5. The van der Waals surface area contributed by atoms with E-state index >= 15 is 0 Å². The van der Waals surface area contributed by atoms with Crippen LogP contribution >= 0.6 is 0 Å². The van der Waals surface area contributed by atoms with Crippen molar-refractivity contribution in [3.63, 3.8) is 0 Å². The van der Waals surface area contributed by atoms with Gasteiger partial charge >= 0.3 is 11.9 Å². The highest BCUT2D eigenvalue weighted by Gasteiger charge is 2.38. The molecule has 176 valence electrons. The summed E-state index contributed by atoms with van der Waals surface area (Å²) in [6, 6.07) is 0. The summed E-state index contributed by atoms with van der Waals surface area (Å²) in [5.41, 5.74) is 4.02. The first-order valence-electron chi connectivity index (χ1n) is 12.2. The van der Waals surface area contributed by atoms with Crippen LogP contribution in [-0.2, 0) is 19.1 Å². The summed E-state index contributed by atoms with van der Waals surface area (Å²) in [5.74, 6) is -1.34. The summed E-state index contributed by atoms with van der Waals surface area (Å²) < 4.78 is 10.9. The fraction of sp³-hybridized carbons (Fsp3) is 0.704. The summed E-state index contributed by atoms with van der Waals surface area (Å²) in [6.45, 7) is 11.4. The van der Waals surface area contributed by atoms with Crippen molar-refractivity contribution >= 4 is 11.9 Å². The van der Waals surface area contributed by atoms with E-state index in [1.165, 1.54) is 16.7 Å². The van der Waals surface area contributed by atoms with Crippen LogP contribution in [0.25, 0.3) is 0 Å². The van der Waals surface area contributed by atoms with E-state index in [1.54, 1.807) is 0 Å². The van der Waals surface area contributed by atoms with Gasteiger partial charge in [-0.25, -0.2) is 0 Å². The molecule has 0 N–H and O–H groups in total. The van der Waals surface area contributed by atoms with Gasteiger partial charge in [0, 0.05) is 0 Å². The molecule has 0 bridgehead atoms. The van der Waals surface area contributed by atoms with Gasteiger partial charge in [-0.1, -0.05) is 61.6 Å². The molecule has 1 rings (SSSR count). The van der Waals surface area contributed by atoms with Crippen molar-refractivity contribution < 1.29 is 19.1 Å². The lowest BCUT2D eigenvalue weighted by molar-refractivity contribution is -0.161. The summed E-state index contributed by atoms with van der Waals surface area (Å²) in [4.78, 5) is 25.3. The van der Waals surface area contributed by atoms with Gasteiger partial charge in [-0.3, -0.25) is 9.59 Å². The van der Waals surface area contributed by atoms with E-state index in [2.05, 4.69) is 52.8 Å². The third kappa shape index (κ3) is 11.4. The fourth-order valence-electron chi connectivity index (χ4n) is 3.72. The van der Waals surface area contributed by atoms with Gasteiger partial charge in [0.2, 0.25) is 0 Å². The zero-order chi connectivity index (χ0) is 23.1. The number of unbranched alkanes of at least 4 members (excludes halogenated alkanes) is 2. The topological polar surface area (TPSA) is 52.6 Å². The second kappa shape index (κ2) is 15.9. The minimum Gasteiger partial charge on any atom is -0.465 e. The van der Waals surface area contributed by atoms with Crippen molar-refractivity contribution in [2.75, 3.05) is 13.2 Å². The molecular weight excluding hydrogens is 388 g/mol. The largest absolute Gasteiger partial charge is 0.465 e. The Labute approximate surface area is 190 Å². The number of ether oxygens (including phenoxy) is 2. The van der Waals surface area contributed by atoms with Crippen LogP contribution in [0.5, 0.6) is 0 Å². The van der Waals surface area contributed by atoms with Gasteiger partial charge in [-0.05, 0) is 72.1 Å². The molecule has 0 unspecified atom stereocenters. The minimum atomic E-state index is -0.422. The van der Waals surface area contributed by atoms with Crippen molar-refractivity contribution in [1.29, 1.82) is 0 Å². The van der Waals surface area contributed by atoms with Crippen LogP contribution in [0.1, 0.15) is 98.8 Å². The Morgan fingerprint density at radius 1 is 0.935 bits per heavy atom. The molecule has 0 saturated heterocycles. The Hall–Kier alpha value is -1.84. The third-order valence-electron chi connectivity index (χ3n) is 5.77. The Morgan fingerprint density at radius 3 is 2.13 bits per heavy atom. The molecule has 0 amide bonds. The van der Waals surface area contributed by atoms with Gasteiger partial charge in [-0.15, -0.1) is 0 Å². The molecule has 2 atom stereocenters. The molecular formula is C27H44O4. The van der Waals surface area contributed by atoms with E-state index in [4.69, 9.17) is 9.47 Å². The van der Waals surface area contributed by atoms with Crippen LogP contribution < -0.4 is 0 Å². The molecule has 1 aliphatic carbocycles. The standard InChI is InChI=1S/C27H44O4/c1-6-8-18-30-26(28)24-17-16-23(20-25(24)27(29)31-19-9-7-2)15-11-14-22(5)13-10-12-21(3)4/h12,14,16,24-25H,6-11,13,15,17-20H2,1-5H3/t24-,25+/m1/s1. The third-order valence-corrected chi connectivity index (χ3v) is 5.77. The maximum Gasteiger partial charge on any atom is 0.310 e. The second-order valence-corrected chi connectivity index (χ2v) is 8.97. The summed E-state index contributed by atoms with van der Waals surface area (Å²) in [6.07, 6.45) is 15.6. The monoisotopic (exact) mass is 432 g/mol. The lowest BCUT2D eigenvalue weighted by atomic mass is 9.78. The Morgan fingerprint density at radius 2 is 1.55 bits per heavy atom. The van der Waals surface area contributed by atoms with E-state index in [0.717, 1.165) is 51.4 Å². The average Bonchev–Trinajstić information content (AvgIpc) is 2.73. The van der Waals surface area contributed by atoms with E-state index < -0.39 is 11.8 Å². The van der Waals surface area contributed by atoms with Crippen molar-refractivity contribution in [1.82, 2.24) is 0 Å². The molecule has 4 heteroatoms. The molecule has 0 heterocycles. The average molecular weight is 433 g/mol. The summed E-state index contributed by atoms with van der Waals surface area (Å²) >= 11 is 0. The highest BCUT2D eigenvalue weighted by molar-refractivity contribution is 5.83. The summed E-state index contributed by atoms with van der Waals surface area (Å²) in [7, 11) is 0. The van der Waals surface area contributed by atoms with Gasteiger partial charge in [0.05, 0.1) is 25.0 Å². The van der Waals surface area contributed by atoms with Gasteiger partial charge in [0.1, 0.15) is 0 Å². The molecule has 31 heavy (non-hydrogen) atoms. The SMILES string of the molecule is CCCCOC(=O)[C@H]1CC(CCC=C(C)CCC=C(C)C)=CC[C@H]1C(=O)OCCCC. The lowest BCUT2D eigenvalue weighted by Crippen LogP contribution is -2.35. The number of allylic oxidation sites excluding steroid dienone is 6. The maximum atomic E-state index is 12.7. The smallest absolute Gasteiger partial charge is 0.310 e. The fourth-order valence-corrected chi connectivity index (χ4v) is 3.72. The van der Waals surface area contributed by atoms with Crippen LogP contribution in [0.2, 0.25) is 0 Å².